The first-order valence-electron chi connectivity index (χ1n) is 4.33. The molecule has 1 unspecified atom stereocenters. The minimum Gasteiger partial charge on any atom is -0.404 e. The third kappa shape index (κ3) is 4.22. The highest BCUT2D eigenvalue weighted by Gasteiger charge is 2.10. The van der Waals surface area contributed by atoms with E-state index in [0.29, 0.717) is 24.6 Å². The van der Waals surface area contributed by atoms with E-state index in [1.807, 2.05) is 0 Å². The van der Waals surface area contributed by atoms with Crippen LogP contribution in [-0.2, 0) is 17.3 Å². The summed E-state index contributed by atoms with van der Waals surface area (Å²) in [5, 5.41) is 13.3. The van der Waals surface area contributed by atoms with E-state index in [9.17, 15) is 14.3 Å². The van der Waals surface area contributed by atoms with Crippen LogP contribution in [0.4, 0.5) is 5.88 Å². The lowest BCUT2D eigenvalue weighted by Crippen LogP contribution is -2.19. The summed E-state index contributed by atoms with van der Waals surface area (Å²) in [5.74, 6) is 0.803. The topological polar surface area (TPSA) is 85.4 Å². The lowest BCUT2D eigenvalue weighted by Gasteiger charge is -1.99. The Morgan fingerprint density at radius 1 is 1.60 bits per heavy atom. The van der Waals surface area contributed by atoms with E-state index in [0.717, 1.165) is 0 Å². The highest BCUT2D eigenvalue weighted by molar-refractivity contribution is 7.84. The summed E-state index contributed by atoms with van der Waals surface area (Å²) in [6.45, 7) is 1.00. The molecule has 0 saturated carbocycles. The molecular weight excluding hydrogens is 220 g/mol. The fraction of sp³-hybridized carbons (Fsp3) is 0.500. The summed E-state index contributed by atoms with van der Waals surface area (Å²) < 4.78 is 15.6. The van der Waals surface area contributed by atoms with Crippen LogP contribution < -0.4 is 5.32 Å². The van der Waals surface area contributed by atoms with Gasteiger partial charge in [0.25, 0.3) is 0 Å². The quantitative estimate of drug-likeness (QED) is 0.442. The normalized spacial score (nSPS) is 12.6. The molecule has 0 aromatic carbocycles. The number of hydrogen-bond acceptors (Lipinski definition) is 5. The van der Waals surface area contributed by atoms with Crippen LogP contribution in [0.2, 0.25) is 0 Å². The second-order valence-electron chi connectivity index (χ2n) is 2.95. The van der Waals surface area contributed by atoms with Crippen LogP contribution in [0.5, 0.6) is 0 Å². The van der Waals surface area contributed by atoms with Gasteiger partial charge in [-0.2, -0.15) is 0 Å². The Morgan fingerprint density at radius 3 is 2.87 bits per heavy atom. The molecule has 0 bridgehead atoms. The average Bonchev–Trinajstić information content (AvgIpc) is 2.60. The van der Waals surface area contributed by atoms with Crippen LogP contribution in [0, 0.1) is 10.1 Å². The van der Waals surface area contributed by atoms with E-state index in [1.165, 1.54) is 6.07 Å². The SMILES string of the molecule is CS(=O)CCNCc1ccc([N+](=O)[O-])o1. The summed E-state index contributed by atoms with van der Waals surface area (Å²) in [5.41, 5.74) is 0. The van der Waals surface area contributed by atoms with E-state index >= 15 is 0 Å². The van der Waals surface area contributed by atoms with Gasteiger partial charge in [0.05, 0.1) is 12.6 Å². The number of nitrogens with one attached hydrogen (secondary N) is 1. The molecule has 0 amide bonds. The molecule has 1 aromatic rings. The van der Waals surface area contributed by atoms with Crippen LogP contribution >= 0.6 is 0 Å². The monoisotopic (exact) mass is 232 g/mol. The van der Waals surface area contributed by atoms with Crippen molar-refractivity contribution < 1.29 is 13.5 Å². The van der Waals surface area contributed by atoms with Gasteiger partial charge in [0, 0.05) is 29.4 Å². The fourth-order valence-corrected chi connectivity index (χ4v) is 1.42. The Hall–Kier alpha value is -1.21. The molecule has 0 saturated heterocycles. The van der Waals surface area contributed by atoms with Crippen molar-refractivity contribution in [3.8, 4) is 0 Å². The molecule has 1 aromatic heterocycles. The molecular formula is C8H12N2O4S. The van der Waals surface area contributed by atoms with Crippen molar-refractivity contribution in [3.63, 3.8) is 0 Å². The van der Waals surface area contributed by atoms with Gasteiger partial charge in [-0.15, -0.1) is 0 Å². The predicted octanol–water partition coefficient (Wildman–Crippen LogP) is 0.656. The van der Waals surface area contributed by atoms with Gasteiger partial charge < -0.3 is 9.73 Å². The van der Waals surface area contributed by atoms with E-state index < -0.39 is 15.7 Å². The zero-order chi connectivity index (χ0) is 11.3. The van der Waals surface area contributed by atoms with Gasteiger partial charge in [-0.05, 0) is 6.07 Å². The molecule has 0 aliphatic carbocycles. The molecule has 0 spiro atoms. The summed E-state index contributed by atoms with van der Waals surface area (Å²) in [6, 6.07) is 2.86. The van der Waals surface area contributed by atoms with Gasteiger partial charge in [-0.3, -0.25) is 14.3 Å². The maximum Gasteiger partial charge on any atom is 0.433 e. The summed E-state index contributed by atoms with van der Waals surface area (Å²) in [4.78, 5) is 9.71. The van der Waals surface area contributed by atoms with Crippen molar-refractivity contribution in [2.24, 2.45) is 0 Å². The largest absolute Gasteiger partial charge is 0.433 e. The maximum atomic E-state index is 10.7. The zero-order valence-corrected chi connectivity index (χ0v) is 9.08. The molecule has 0 aliphatic rings. The van der Waals surface area contributed by atoms with Crippen LogP contribution in [0.15, 0.2) is 16.5 Å². The maximum absolute atomic E-state index is 10.7. The third-order valence-corrected chi connectivity index (χ3v) is 2.47. The van der Waals surface area contributed by atoms with Crippen molar-refractivity contribution in [2.75, 3.05) is 18.6 Å². The molecule has 7 heteroatoms. The van der Waals surface area contributed by atoms with Gasteiger partial charge in [-0.25, -0.2) is 0 Å². The minimum atomic E-state index is -0.827. The Balaban J connectivity index is 2.31. The summed E-state index contributed by atoms with van der Waals surface area (Å²) >= 11 is 0. The Morgan fingerprint density at radius 2 is 2.33 bits per heavy atom. The molecule has 1 atom stereocenters. The van der Waals surface area contributed by atoms with Gasteiger partial charge in [0.15, 0.2) is 0 Å². The molecule has 84 valence electrons. The fourth-order valence-electron chi connectivity index (χ4n) is 0.987. The first kappa shape index (κ1) is 11.9. The Bertz CT molecular complexity index is 363. The van der Waals surface area contributed by atoms with Crippen LogP contribution in [0.1, 0.15) is 5.76 Å². The van der Waals surface area contributed by atoms with Crippen LogP contribution in [0.25, 0.3) is 0 Å². The van der Waals surface area contributed by atoms with E-state index in [4.69, 9.17) is 4.42 Å². The van der Waals surface area contributed by atoms with Crippen LogP contribution in [-0.4, -0.2) is 27.7 Å². The van der Waals surface area contributed by atoms with Crippen molar-refractivity contribution in [3.05, 3.63) is 28.0 Å². The molecule has 1 rings (SSSR count). The summed E-state index contributed by atoms with van der Waals surface area (Å²) in [7, 11) is -0.827. The van der Waals surface area contributed by atoms with E-state index in [2.05, 4.69) is 5.32 Å². The smallest absolute Gasteiger partial charge is 0.404 e. The van der Waals surface area contributed by atoms with Gasteiger partial charge in [-0.1, -0.05) is 0 Å². The number of furan rings is 1. The van der Waals surface area contributed by atoms with E-state index in [-0.39, 0.29) is 5.88 Å². The van der Waals surface area contributed by atoms with Crippen LogP contribution in [0.3, 0.4) is 0 Å². The number of nitro groups is 1. The third-order valence-electron chi connectivity index (χ3n) is 1.69. The van der Waals surface area contributed by atoms with Gasteiger partial charge in [0.1, 0.15) is 10.7 Å². The van der Waals surface area contributed by atoms with E-state index in [1.54, 1.807) is 12.3 Å². The molecule has 6 nitrogen and oxygen atoms in total. The van der Waals surface area contributed by atoms with Gasteiger partial charge >= 0.3 is 5.88 Å². The van der Waals surface area contributed by atoms with Crippen molar-refractivity contribution >= 4 is 16.7 Å². The predicted molar refractivity (Wildman–Crippen MR) is 56.0 cm³/mol. The first-order valence-corrected chi connectivity index (χ1v) is 6.06. The number of rotatable bonds is 6. The molecule has 1 heterocycles. The second kappa shape index (κ2) is 5.62. The van der Waals surface area contributed by atoms with Crippen molar-refractivity contribution in [2.45, 2.75) is 6.54 Å². The van der Waals surface area contributed by atoms with Gasteiger partial charge in [0.2, 0.25) is 0 Å². The molecule has 15 heavy (non-hydrogen) atoms. The lowest BCUT2D eigenvalue weighted by atomic mass is 10.4. The zero-order valence-electron chi connectivity index (χ0n) is 8.26. The highest BCUT2D eigenvalue weighted by atomic mass is 32.2. The minimum absolute atomic E-state index is 0.258. The van der Waals surface area contributed by atoms with Crippen molar-refractivity contribution in [1.29, 1.82) is 0 Å². The summed E-state index contributed by atoms with van der Waals surface area (Å²) in [6.07, 6.45) is 1.62. The molecule has 0 fully saturated rings. The molecule has 0 radical (unpaired) electrons. The first-order chi connectivity index (χ1) is 7.09. The molecule has 1 N–H and O–H groups in total. The number of nitrogens with zero attached hydrogens (tertiary/aromatic N) is 1. The average molecular weight is 232 g/mol. The second-order valence-corrected chi connectivity index (χ2v) is 4.51. The Labute approximate surface area is 89.3 Å². The lowest BCUT2D eigenvalue weighted by molar-refractivity contribution is -0.402. The molecule has 0 aliphatic heterocycles. The highest BCUT2D eigenvalue weighted by Crippen LogP contribution is 2.14. The Kier molecular flexibility index (Phi) is 4.44. The standard InChI is InChI=1S/C8H12N2O4S/c1-15(13)5-4-9-6-7-2-3-8(14-7)10(11)12/h2-3,9H,4-6H2,1H3. The number of hydrogen-bond donors (Lipinski definition) is 1. The van der Waals surface area contributed by atoms with Crippen molar-refractivity contribution in [1.82, 2.24) is 5.32 Å².